The number of fused-ring (bicyclic) bond motifs is 1. The predicted molar refractivity (Wildman–Crippen MR) is 129 cm³/mol. The van der Waals surface area contributed by atoms with Crippen molar-refractivity contribution in [3.8, 4) is 5.75 Å². The van der Waals surface area contributed by atoms with Crippen molar-refractivity contribution in [3.05, 3.63) is 75.8 Å². The zero-order valence-corrected chi connectivity index (χ0v) is 19.8. The minimum atomic E-state index is -0.415. The maximum absolute atomic E-state index is 14.1. The fourth-order valence-electron chi connectivity index (χ4n) is 4.36. The summed E-state index contributed by atoms with van der Waals surface area (Å²) in [5, 5.41) is 15.6. The van der Waals surface area contributed by atoms with Crippen LogP contribution in [0.1, 0.15) is 30.5 Å². The van der Waals surface area contributed by atoms with Crippen LogP contribution in [-0.4, -0.2) is 73.8 Å². The van der Waals surface area contributed by atoms with Gasteiger partial charge in [-0.3, -0.25) is 9.69 Å². The van der Waals surface area contributed by atoms with E-state index in [2.05, 4.69) is 10.2 Å². The number of amides is 1. The number of halogens is 1. The minimum absolute atomic E-state index is 0.130. The summed E-state index contributed by atoms with van der Waals surface area (Å²) in [7, 11) is 1.36. The van der Waals surface area contributed by atoms with E-state index in [-0.39, 0.29) is 23.2 Å². The second-order valence-corrected chi connectivity index (χ2v) is 8.74. The summed E-state index contributed by atoms with van der Waals surface area (Å²) in [5.41, 5.74) is 2.83. The number of hydroxylamine groups is 1. The Hall–Kier alpha value is -3.23. The Morgan fingerprint density at radius 1 is 1.21 bits per heavy atom. The molecule has 0 spiro atoms. The highest BCUT2D eigenvalue weighted by Crippen LogP contribution is 2.39. The van der Waals surface area contributed by atoms with Crippen molar-refractivity contribution >= 4 is 17.2 Å². The standard InChI is InChI=1S/C26H30FN3O4/c1-17(2)28-26(31)24-23(18-5-4-6-19(27)15-18)21-8-7-20(16-22(21)25(24)29(3)32)34-14-11-30-9-12-33-13-10-30/h4-8,15-17H,9-14H2,1-3H3,(H,28,31)/b29-25+. The van der Waals surface area contributed by atoms with Gasteiger partial charge in [0.1, 0.15) is 30.8 Å². The average molecular weight is 468 g/mol. The average Bonchev–Trinajstić information content (AvgIpc) is 3.14. The van der Waals surface area contributed by atoms with Gasteiger partial charge in [0.25, 0.3) is 5.91 Å². The quantitative estimate of drug-likeness (QED) is 0.385. The molecular weight excluding hydrogens is 437 g/mol. The second-order valence-electron chi connectivity index (χ2n) is 8.74. The Balaban J connectivity index is 1.70. The SMILES string of the molecule is CC(C)NC(=O)C1=C(c2cccc(F)c2)c2ccc(OCCN3CCOCC3)cc2/C1=[N+](/C)[O-]. The number of rotatable bonds is 7. The highest BCUT2D eigenvalue weighted by molar-refractivity contribution is 6.36. The molecule has 2 aromatic rings. The number of hydrogen-bond donors (Lipinski definition) is 1. The molecule has 2 aliphatic rings. The number of morpholine rings is 1. The van der Waals surface area contributed by atoms with Gasteiger partial charge in [-0.05, 0) is 55.3 Å². The Labute approximate surface area is 199 Å². The third kappa shape index (κ3) is 5.13. The molecule has 180 valence electrons. The van der Waals surface area contributed by atoms with Crippen molar-refractivity contribution in [2.45, 2.75) is 19.9 Å². The first kappa shape index (κ1) is 23.9. The minimum Gasteiger partial charge on any atom is -0.624 e. The molecule has 0 atom stereocenters. The largest absolute Gasteiger partial charge is 0.624 e. The molecular formula is C26H30FN3O4. The summed E-state index contributed by atoms with van der Waals surface area (Å²) < 4.78 is 26.2. The van der Waals surface area contributed by atoms with E-state index in [1.807, 2.05) is 26.0 Å². The molecule has 0 aromatic heterocycles. The molecule has 0 saturated carbocycles. The van der Waals surface area contributed by atoms with Crippen molar-refractivity contribution in [2.75, 3.05) is 46.5 Å². The molecule has 1 amide bonds. The van der Waals surface area contributed by atoms with Crippen LogP contribution in [0.2, 0.25) is 0 Å². The number of nitrogens with zero attached hydrogens (tertiary/aromatic N) is 2. The molecule has 2 aromatic carbocycles. The predicted octanol–water partition coefficient (Wildman–Crippen LogP) is 2.81. The number of benzene rings is 2. The molecule has 4 rings (SSSR count). The first-order valence-electron chi connectivity index (χ1n) is 11.5. The molecule has 1 aliphatic carbocycles. The topological polar surface area (TPSA) is 76.9 Å². The molecule has 1 N–H and O–H groups in total. The molecule has 7 nitrogen and oxygen atoms in total. The smallest absolute Gasteiger partial charge is 0.258 e. The molecule has 1 fully saturated rings. The maximum atomic E-state index is 14.1. The van der Waals surface area contributed by atoms with Crippen molar-refractivity contribution in [1.29, 1.82) is 0 Å². The van der Waals surface area contributed by atoms with Crippen molar-refractivity contribution in [2.24, 2.45) is 0 Å². The number of ether oxygens (including phenoxy) is 2. The van der Waals surface area contributed by atoms with Gasteiger partial charge < -0.3 is 20.0 Å². The summed E-state index contributed by atoms with van der Waals surface area (Å²) in [6.07, 6.45) is 0. The Morgan fingerprint density at radius 2 is 1.97 bits per heavy atom. The van der Waals surface area contributed by atoms with Gasteiger partial charge in [-0.2, -0.15) is 0 Å². The molecule has 8 heteroatoms. The van der Waals surface area contributed by atoms with Crippen LogP contribution in [0.25, 0.3) is 5.57 Å². The van der Waals surface area contributed by atoms with Crippen molar-refractivity contribution in [1.82, 2.24) is 10.2 Å². The highest BCUT2D eigenvalue weighted by atomic mass is 19.1. The molecule has 1 saturated heterocycles. The lowest BCUT2D eigenvalue weighted by atomic mass is 9.97. The summed E-state index contributed by atoms with van der Waals surface area (Å²) in [6, 6.07) is 11.4. The lowest BCUT2D eigenvalue weighted by molar-refractivity contribution is -0.421. The van der Waals surface area contributed by atoms with E-state index >= 15 is 0 Å². The molecule has 0 bridgehead atoms. The zero-order valence-electron chi connectivity index (χ0n) is 19.8. The van der Waals surface area contributed by atoms with Crippen LogP contribution in [0.4, 0.5) is 4.39 Å². The summed E-state index contributed by atoms with van der Waals surface area (Å²) >= 11 is 0. The van der Waals surface area contributed by atoms with Crippen LogP contribution in [0.5, 0.6) is 5.75 Å². The molecule has 0 unspecified atom stereocenters. The van der Waals surface area contributed by atoms with Gasteiger partial charge in [-0.15, -0.1) is 0 Å². The van der Waals surface area contributed by atoms with Crippen molar-refractivity contribution < 1.29 is 23.4 Å². The fourth-order valence-corrected chi connectivity index (χ4v) is 4.36. The Morgan fingerprint density at radius 3 is 2.65 bits per heavy atom. The molecule has 34 heavy (non-hydrogen) atoms. The number of carbonyl (C=O) groups is 1. The zero-order chi connectivity index (χ0) is 24.2. The molecule has 0 radical (unpaired) electrons. The van der Waals surface area contributed by atoms with E-state index in [0.29, 0.717) is 39.4 Å². The van der Waals surface area contributed by atoms with E-state index < -0.39 is 5.82 Å². The third-order valence-electron chi connectivity index (χ3n) is 5.86. The van der Waals surface area contributed by atoms with Gasteiger partial charge in [0.05, 0.1) is 18.8 Å². The third-order valence-corrected chi connectivity index (χ3v) is 5.86. The van der Waals surface area contributed by atoms with Crippen LogP contribution in [-0.2, 0) is 9.53 Å². The lowest BCUT2D eigenvalue weighted by Crippen LogP contribution is -2.38. The summed E-state index contributed by atoms with van der Waals surface area (Å²) in [4.78, 5) is 15.5. The van der Waals surface area contributed by atoms with Crippen LogP contribution >= 0.6 is 0 Å². The first-order chi connectivity index (χ1) is 16.3. The molecule has 1 aliphatic heterocycles. The van der Waals surface area contributed by atoms with E-state index in [1.54, 1.807) is 18.2 Å². The van der Waals surface area contributed by atoms with E-state index in [9.17, 15) is 14.4 Å². The first-order valence-corrected chi connectivity index (χ1v) is 11.5. The molecule has 1 heterocycles. The van der Waals surface area contributed by atoms with Crippen LogP contribution in [0, 0.1) is 11.0 Å². The Bertz CT molecular complexity index is 1130. The van der Waals surface area contributed by atoms with E-state index in [0.717, 1.165) is 32.8 Å². The summed E-state index contributed by atoms with van der Waals surface area (Å²) in [5.74, 6) is -0.185. The van der Waals surface area contributed by atoms with Crippen LogP contribution < -0.4 is 10.1 Å². The number of hydrogen-bond acceptors (Lipinski definition) is 5. The fraction of sp³-hybridized carbons (Fsp3) is 0.385. The monoisotopic (exact) mass is 467 g/mol. The van der Waals surface area contributed by atoms with Crippen LogP contribution in [0.15, 0.2) is 48.0 Å². The van der Waals surface area contributed by atoms with Gasteiger partial charge in [-0.25, -0.2) is 9.13 Å². The normalized spacial score (nSPS) is 17.7. The van der Waals surface area contributed by atoms with Gasteiger partial charge in [0.15, 0.2) is 0 Å². The van der Waals surface area contributed by atoms with Gasteiger partial charge in [-0.1, -0.05) is 12.1 Å². The van der Waals surface area contributed by atoms with Gasteiger partial charge in [0, 0.05) is 31.2 Å². The second kappa shape index (κ2) is 10.4. The van der Waals surface area contributed by atoms with E-state index in [4.69, 9.17) is 9.47 Å². The lowest BCUT2D eigenvalue weighted by Gasteiger charge is -2.26. The number of carbonyl (C=O) groups excluding carboxylic acids is 1. The van der Waals surface area contributed by atoms with Gasteiger partial charge in [0.2, 0.25) is 5.71 Å². The van der Waals surface area contributed by atoms with Gasteiger partial charge >= 0.3 is 0 Å². The summed E-state index contributed by atoms with van der Waals surface area (Å²) in [6.45, 7) is 8.17. The maximum Gasteiger partial charge on any atom is 0.258 e. The highest BCUT2D eigenvalue weighted by Gasteiger charge is 2.38. The van der Waals surface area contributed by atoms with Crippen LogP contribution in [0.3, 0.4) is 0 Å². The van der Waals surface area contributed by atoms with E-state index in [1.165, 1.54) is 19.2 Å². The van der Waals surface area contributed by atoms with Crippen molar-refractivity contribution in [3.63, 3.8) is 0 Å². The Kier molecular flexibility index (Phi) is 7.29. The number of nitrogens with one attached hydrogen (secondary N) is 1.